The van der Waals surface area contributed by atoms with E-state index < -0.39 is 6.10 Å². The van der Waals surface area contributed by atoms with E-state index in [-0.39, 0.29) is 46.9 Å². The minimum atomic E-state index is -0.546. The number of hydrogen-bond acceptors (Lipinski definition) is 5. The first-order valence-electron chi connectivity index (χ1n) is 11.4. The minimum absolute atomic E-state index is 0.0263. The van der Waals surface area contributed by atoms with Gasteiger partial charge in [0.2, 0.25) is 5.91 Å². The summed E-state index contributed by atoms with van der Waals surface area (Å²) in [6.07, 6.45) is 9.84. The molecule has 7 nitrogen and oxygen atoms in total. The van der Waals surface area contributed by atoms with Crippen LogP contribution < -0.4 is 10.6 Å². The SMILES string of the molecule is CC(C(=O)NC1CC1)C1CCC2(C)CCC(NC(=O)c3cnccn3)C(C)C2C1O. The topological polar surface area (TPSA) is 104 Å². The van der Waals surface area contributed by atoms with E-state index in [4.69, 9.17) is 0 Å². The second-order valence-corrected chi connectivity index (χ2v) is 10.0. The number of carbonyl (C=O) groups is 2. The van der Waals surface area contributed by atoms with Gasteiger partial charge in [0.15, 0.2) is 0 Å². The fourth-order valence-corrected chi connectivity index (χ4v) is 5.91. The number of rotatable bonds is 5. The molecular formula is C23H34N4O3. The Morgan fingerprint density at radius 2 is 1.90 bits per heavy atom. The molecule has 7 atom stereocenters. The van der Waals surface area contributed by atoms with E-state index in [1.54, 1.807) is 6.20 Å². The van der Waals surface area contributed by atoms with Gasteiger partial charge < -0.3 is 15.7 Å². The first-order valence-corrected chi connectivity index (χ1v) is 11.4. The van der Waals surface area contributed by atoms with Gasteiger partial charge in [-0.2, -0.15) is 0 Å². The van der Waals surface area contributed by atoms with E-state index in [2.05, 4.69) is 34.4 Å². The summed E-state index contributed by atoms with van der Waals surface area (Å²) in [5, 5.41) is 17.6. The summed E-state index contributed by atoms with van der Waals surface area (Å²) >= 11 is 0. The van der Waals surface area contributed by atoms with E-state index in [0.717, 1.165) is 38.5 Å². The Hall–Kier alpha value is -2.02. The van der Waals surface area contributed by atoms with Crippen LogP contribution in [-0.2, 0) is 4.79 Å². The zero-order valence-corrected chi connectivity index (χ0v) is 18.2. The van der Waals surface area contributed by atoms with Gasteiger partial charge in [0, 0.05) is 30.4 Å². The largest absolute Gasteiger partial charge is 0.392 e. The molecule has 1 aromatic rings. The Balaban J connectivity index is 1.46. The second kappa shape index (κ2) is 8.25. The van der Waals surface area contributed by atoms with Crippen LogP contribution in [-0.4, -0.2) is 45.1 Å². The molecule has 7 heteroatoms. The molecule has 3 saturated carbocycles. The predicted octanol–water partition coefficient (Wildman–Crippen LogP) is 2.31. The highest BCUT2D eigenvalue weighted by Gasteiger charge is 2.54. The number of amides is 2. The number of aliphatic hydroxyl groups is 1. The highest BCUT2D eigenvalue weighted by molar-refractivity contribution is 5.92. The van der Waals surface area contributed by atoms with Crippen LogP contribution >= 0.6 is 0 Å². The molecule has 0 aromatic carbocycles. The number of fused-ring (bicyclic) bond motifs is 1. The third-order valence-corrected chi connectivity index (χ3v) is 7.98. The van der Waals surface area contributed by atoms with Crippen molar-refractivity contribution >= 4 is 11.8 Å². The summed E-state index contributed by atoms with van der Waals surface area (Å²) in [6.45, 7) is 6.35. The van der Waals surface area contributed by atoms with Crippen LogP contribution in [0.15, 0.2) is 18.6 Å². The standard InChI is InChI=1S/C23H34N4O3/c1-13(21(29)26-15-4-5-15)16-6-8-23(3)9-7-17(14(2)19(23)20(16)28)27-22(30)18-12-24-10-11-25-18/h10-17,19-20,28H,4-9H2,1-3H3,(H,26,29)(H,27,30). The summed E-state index contributed by atoms with van der Waals surface area (Å²) in [5.74, 6) is -0.233. The van der Waals surface area contributed by atoms with Crippen LogP contribution in [0.1, 0.15) is 69.8 Å². The summed E-state index contributed by atoms with van der Waals surface area (Å²) < 4.78 is 0. The summed E-state index contributed by atoms with van der Waals surface area (Å²) in [7, 11) is 0. The van der Waals surface area contributed by atoms with Gasteiger partial charge in [-0.3, -0.25) is 14.6 Å². The third kappa shape index (κ3) is 4.09. The van der Waals surface area contributed by atoms with Gasteiger partial charge in [0.25, 0.3) is 5.91 Å². The monoisotopic (exact) mass is 414 g/mol. The van der Waals surface area contributed by atoms with Gasteiger partial charge in [0.1, 0.15) is 5.69 Å². The maximum Gasteiger partial charge on any atom is 0.271 e. The van der Waals surface area contributed by atoms with Crippen molar-refractivity contribution in [3.05, 3.63) is 24.3 Å². The molecule has 3 N–H and O–H groups in total. The average Bonchev–Trinajstić information content (AvgIpc) is 3.54. The van der Waals surface area contributed by atoms with Gasteiger partial charge >= 0.3 is 0 Å². The maximum atomic E-state index is 12.6. The maximum absolute atomic E-state index is 12.6. The van der Waals surface area contributed by atoms with Crippen LogP contribution in [0.5, 0.6) is 0 Å². The molecule has 0 bridgehead atoms. The van der Waals surface area contributed by atoms with Crippen LogP contribution in [0.25, 0.3) is 0 Å². The zero-order chi connectivity index (χ0) is 21.5. The quantitative estimate of drug-likeness (QED) is 0.686. The van der Waals surface area contributed by atoms with E-state index >= 15 is 0 Å². The molecule has 3 aliphatic rings. The van der Waals surface area contributed by atoms with Gasteiger partial charge in [-0.25, -0.2) is 4.98 Å². The average molecular weight is 415 g/mol. The lowest BCUT2D eigenvalue weighted by atomic mass is 9.51. The Morgan fingerprint density at radius 1 is 1.17 bits per heavy atom. The molecule has 3 aliphatic carbocycles. The summed E-state index contributed by atoms with van der Waals surface area (Å²) in [4.78, 5) is 33.3. The number of aliphatic hydroxyl groups excluding tert-OH is 1. The van der Waals surface area contributed by atoms with Crippen molar-refractivity contribution in [3.63, 3.8) is 0 Å². The highest BCUT2D eigenvalue weighted by atomic mass is 16.3. The predicted molar refractivity (Wildman–Crippen MR) is 112 cm³/mol. The van der Waals surface area contributed by atoms with Gasteiger partial charge in [-0.15, -0.1) is 0 Å². The summed E-state index contributed by atoms with van der Waals surface area (Å²) in [5.41, 5.74) is 0.348. The van der Waals surface area contributed by atoms with Crippen molar-refractivity contribution in [1.29, 1.82) is 0 Å². The van der Waals surface area contributed by atoms with Gasteiger partial charge in [-0.1, -0.05) is 20.8 Å². The van der Waals surface area contributed by atoms with Crippen molar-refractivity contribution < 1.29 is 14.7 Å². The molecule has 30 heavy (non-hydrogen) atoms. The fraction of sp³-hybridized carbons (Fsp3) is 0.739. The van der Waals surface area contributed by atoms with E-state index in [1.165, 1.54) is 12.4 Å². The van der Waals surface area contributed by atoms with Crippen molar-refractivity contribution in [2.24, 2.45) is 29.1 Å². The normalized spacial score (nSPS) is 37.0. The third-order valence-electron chi connectivity index (χ3n) is 7.98. The molecule has 1 heterocycles. The molecule has 7 unspecified atom stereocenters. The second-order valence-electron chi connectivity index (χ2n) is 10.0. The lowest BCUT2D eigenvalue weighted by Crippen LogP contribution is -2.58. The van der Waals surface area contributed by atoms with E-state index in [0.29, 0.717) is 11.7 Å². The Bertz CT molecular complexity index is 784. The Labute approximate surface area is 178 Å². The lowest BCUT2D eigenvalue weighted by molar-refractivity contribution is -0.142. The number of aromatic nitrogens is 2. The van der Waals surface area contributed by atoms with E-state index in [1.807, 2.05) is 6.92 Å². The number of nitrogens with zero attached hydrogens (tertiary/aromatic N) is 2. The number of nitrogens with one attached hydrogen (secondary N) is 2. The number of hydrogen-bond donors (Lipinski definition) is 3. The van der Waals surface area contributed by atoms with Crippen LogP contribution in [0.2, 0.25) is 0 Å². The number of carbonyl (C=O) groups excluding carboxylic acids is 2. The van der Waals surface area contributed by atoms with Crippen LogP contribution in [0.4, 0.5) is 0 Å². The van der Waals surface area contributed by atoms with Gasteiger partial charge in [-0.05, 0) is 61.7 Å². The molecular weight excluding hydrogens is 380 g/mol. The molecule has 4 rings (SSSR count). The summed E-state index contributed by atoms with van der Waals surface area (Å²) in [6, 6.07) is 0.307. The molecule has 0 saturated heterocycles. The van der Waals surface area contributed by atoms with Crippen molar-refractivity contribution in [2.75, 3.05) is 0 Å². The zero-order valence-electron chi connectivity index (χ0n) is 18.2. The van der Waals surface area contributed by atoms with Gasteiger partial charge in [0.05, 0.1) is 12.3 Å². The molecule has 164 valence electrons. The molecule has 0 aliphatic heterocycles. The molecule has 2 amide bonds. The fourth-order valence-electron chi connectivity index (χ4n) is 5.91. The molecule has 1 aromatic heterocycles. The first kappa shape index (κ1) is 21.2. The Kier molecular flexibility index (Phi) is 5.84. The van der Waals surface area contributed by atoms with Crippen molar-refractivity contribution in [2.45, 2.75) is 77.5 Å². The van der Waals surface area contributed by atoms with Crippen molar-refractivity contribution in [1.82, 2.24) is 20.6 Å². The molecule has 0 spiro atoms. The van der Waals surface area contributed by atoms with Crippen molar-refractivity contribution in [3.8, 4) is 0 Å². The minimum Gasteiger partial charge on any atom is -0.392 e. The molecule has 3 fully saturated rings. The Morgan fingerprint density at radius 3 is 2.57 bits per heavy atom. The highest BCUT2D eigenvalue weighted by Crippen LogP contribution is 2.55. The first-order chi connectivity index (χ1) is 14.3. The van der Waals surface area contributed by atoms with Crippen LogP contribution in [0, 0.1) is 29.1 Å². The van der Waals surface area contributed by atoms with Crippen LogP contribution in [0.3, 0.4) is 0 Å². The lowest BCUT2D eigenvalue weighted by Gasteiger charge is -2.56. The smallest absolute Gasteiger partial charge is 0.271 e. The van der Waals surface area contributed by atoms with E-state index in [9.17, 15) is 14.7 Å². The molecule has 0 radical (unpaired) electrons.